The van der Waals surface area contributed by atoms with Gasteiger partial charge in [0.15, 0.2) is 0 Å². The zero-order valence-corrected chi connectivity index (χ0v) is 15.5. The van der Waals surface area contributed by atoms with E-state index in [4.69, 9.17) is 0 Å². The molecule has 2 aromatic rings. The van der Waals surface area contributed by atoms with Gasteiger partial charge in [-0.1, -0.05) is 20.8 Å². The van der Waals surface area contributed by atoms with Crippen molar-refractivity contribution in [3.63, 3.8) is 0 Å². The standard InChI is InChI=1S/C18H21F6N3O/c1-10(2)4-11(3)16(28)25-8-14-9-27(26-14)15-6-12(17(19,20)21)5-13(7-15)18(22,23)24/h5-7,9-11,26H,4,8H2,1-3H3,(H,25,28). The number of hydrogen-bond donors (Lipinski definition) is 2. The van der Waals surface area contributed by atoms with E-state index in [9.17, 15) is 31.1 Å². The maximum atomic E-state index is 12.9. The molecule has 0 spiro atoms. The van der Waals surface area contributed by atoms with Crippen LogP contribution < -0.4 is 5.32 Å². The molecule has 156 valence electrons. The van der Waals surface area contributed by atoms with Crippen LogP contribution in [0, 0.1) is 11.8 Å². The molecule has 0 radical (unpaired) electrons. The maximum absolute atomic E-state index is 12.9. The molecule has 10 heteroatoms. The number of carbonyl (C=O) groups is 1. The van der Waals surface area contributed by atoms with Crippen LogP contribution in [0.15, 0.2) is 24.4 Å². The summed E-state index contributed by atoms with van der Waals surface area (Å²) in [6.07, 6.45) is -7.78. The molecule has 1 atom stereocenters. The van der Waals surface area contributed by atoms with Crippen molar-refractivity contribution < 1.29 is 31.1 Å². The Morgan fingerprint density at radius 3 is 1.96 bits per heavy atom. The summed E-state index contributed by atoms with van der Waals surface area (Å²) in [5.41, 5.74) is -2.62. The number of amides is 1. The lowest BCUT2D eigenvalue weighted by atomic mass is 9.98. The van der Waals surface area contributed by atoms with Crippen molar-refractivity contribution in [3.05, 3.63) is 41.2 Å². The number of benzene rings is 1. The first-order valence-corrected chi connectivity index (χ1v) is 8.61. The fraction of sp³-hybridized carbons (Fsp3) is 0.500. The molecule has 4 nitrogen and oxygen atoms in total. The van der Waals surface area contributed by atoms with Crippen molar-refractivity contribution in [2.45, 2.75) is 46.1 Å². The fourth-order valence-corrected chi connectivity index (χ4v) is 2.78. The number of nitrogens with zero attached hydrogens (tertiary/aromatic N) is 1. The molecule has 1 amide bonds. The van der Waals surface area contributed by atoms with Crippen LogP contribution in [0.25, 0.3) is 5.69 Å². The summed E-state index contributed by atoms with van der Waals surface area (Å²) in [7, 11) is 0. The Labute approximate surface area is 157 Å². The van der Waals surface area contributed by atoms with Gasteiger partial charge in [0.25, 0.3) is 0 Å². The number of halogens is 6. The number of H-pyrrole nitrogens is 1. The molecule has 0 aliphatic heterocycles. The predicted octanol–water partition coefficient (Wildman–Crippen LogP) is 5.14. The van der Waals surface area contributed by atoms with Crippen LogP contribution in [-0.2, 0) is 23.7 Å². The van der Waals surface area contributed by atoms with Crippen LogP contribution in [0.5, 0.6) is 0 Å². The molecule has 0 bridgehead atoms. The third-order valence-corrected chi connectivity index (χ3v) is 4.13. The molecule has 2 N–H and O–H groups in total. The highest BCUT2D eigenvalue weighted by Gasteiger charge is 2.37. The van der Waals surface area contributed by atoms with Gasteiger partial charge < -0.3 is 5.32 Å². The van der Waals surface area contributed by atoms with Crippen molar-refractivity contribution in [3.8, 4) is 5.69 Å². The lowest BCUT2D eigenvalue weighted by Crippen LogP contribution is -2.31. The highest BCUT2D eigenvalue weighted by atomic mass is 19.4. The average Bonchev–Trinajstić information content (AvgIpc) is 2.50. The molecule has 0 saturated heterocycles. The van der Waals surface area contributed by atoms with E-state index in [0.717, 1.165) is 4.68 Å². The van der Waals surface area contributed by atoms with E-state index in [2.05, 4.69) is 10.4 Å². The molecule has 0 saturated carbocycles. The second-order valence-electron chi connectivity index (χ2n) is 7.15. The summed E-state index contributed by atoms with van der Waals surface area (Å²) < 4.78 is 78.5. The van der Waals surface area contributed by atoms with Crippen LogP contribution >= 0.6 is 0 Å². The number of aromatic amines is 1. The molecule has 1 heterocycles. The van der Waals surface area contributed by atoms with Gasteiger partial charge in [-0.3, -0.25) is 14.6 Å². The molecule has 1 aromatic carbocycles. The number of nitrogens with one attached hydrogen (secondary N) is 2. The molecular formula is C18H21F6N3O. The zero-order chi connectivity index (χ0) is 21.3. The van der Waals surface area contributed by atoms with E-state index in [-0.39, 0.29) is 30.1 Å². The summed E-state index contributed by atoms with van der Waals surface area (Å²) in [6.45, 7) is 5.86. The first-order valence-electron chi connectivity index (χ1n) is 8.61. The first-order chi connectivity index (χ1) is 12.8. The van der Waals surface area contributed by atoms with Gasteiger partial charge in [0.2, 0.25) is 5.91 Å². The van der Waals surface area contributed by atoms with Crippen molar-refractivity contribution in [2.75, 3.05) is 0 Å². The van der Waals surface area contributed by atoms with Gasteiger partial charge in [-0.2, -0.15) is 26.3 Å². The topological polar surface area (TPSA) is 49.8 Å². The number of rotatable bonds is 6. The van der Waals surface area contributed by atoms with Crippen molar-refractivity contribution >= 4 is 5.91 Å². The van der Waals surface area contributed by atoms with E-state index >= 15 is 0 Å². The minimum Gasteiger partial charge on any atom is -0.350 e. The second-order valence-corrected chi connectivity index (χ2v) is 7.15. The summed E-state index contributed by atoms with van der Waals surface area (Å²) in [5.74, 6) is -0.0242. The number of alkyl halides is 6. The fourth-order valence-electron chi connectivity index (χ4n) is 2.78. The van der Waals surface area contributed by atoms with E-state index in [0.29, 0.717) is 30.2 Å². The third-order valence-electron chi connectivity index (χ3n) is 4.13. The Kier molecular flexibility index (Phi) is 6.20. The minimum atomic E-state index is -4.91. The van der Waals surface area contributed by atoms with Crippen molar-refractivity contribution in [1.29, 1.82) is 0 Å². The predicted molar refractivity (Wildman–Crippen MR) is 90.6 cm³/mol. The zero-order valence-electron chi connectivity index (χ0n) is 15.5. The molecule has 2 rings (SSSR count). The Morgan fingerprint density at radius 2 is 1.54 bits per heavy atom. The van der Waals surface area contributed by atoms with Crippen LogP contribution in [-0.4, -0.2) is 15.7 Å². The molecule has 28 heavy (non-hydrogen) atoms. The van der Waals surface area contributed by atoms with Gasteiger partial charge in [0.05, 0.1) is 29.1 Å². The summed E-state index contributed by atoms with van der Waals surface area (Å²) >= 11 is 0. The largest absolute Gasteiger partial charge is 0.416 e. The highest BCUT2D eigenvalue weighted by Crippen LogP contribution is 2.37. The Bertz CT molecular complexity index is 772. The quantitative estimate of drug-likeness (QED) is 0.638. The molecule has 1 unspecified atom stereocenters. The SMILES string of the molecule is CC(C)CC(C)C(=O)NCc1cn(-c2cc(C(F)(F)F)cc(C(F)(F)F)c2)[nH]1. The van der Waals surface area contributed by atoms with E-state index in [1.807, 2.05) is 13.8 Å². The number of aromatic nitrogens is 2. The molecule has 0 aliphatic carbocycles. The van der Waals surface area contributed by atoms with E-state index in [1.165, 1.54) is 6.20 Å². The van der Waals surface area contributed by atoms with Crippen molar-refractivity contribution in [2.24, 2.45) is 11.8 Å². The summed E-state index contributed by atoms with van der Waals surface area (Å²) in [5, 5.41) is 5.31. The smallest absolute Gasteiger partial charge is 0.350 e. The van der Waals surface area contributed by atoms with Crippen LogP contribution in [0.1, 0.15) is 44.0 Å². The normalized spacial score (nSPS) is 13.8. The molecule has 1 aromatic heterocycles. The second kappa shape index (κ2) is 7.92. The van der Waals surface area contributed by atoms with Gasteiger partial charge in [0.1, 0.15) is 0 Å². The monoisotopic (exact) mass is 409 g/mol. The van der Waals surface area contributed by atoms with E-state index in [1.54, 1.807) is 6.92 Å². The first kappa shape index (κ1) is 21.9. The summed E-state index contributed by atoms with van der Waals surface area (Å²) in [6, 6.07) is 1.32. The highest BCUT2D eigenvalue weighted by molar-refractivity contribution is 5.78. The maximum Gasteiger partial charge on any atom is 0.416 e. The Hall–Kier alpha value is -2.39. The van der Waals surface area contributed by atoms with Crippen LogP contribution in [0.2, 0.25) is 0 Å². The minimum absolute atomic E-state index is 0.0737. The number of hydrogen-bond acceptors (Lipinski definition) is 1. The number of carbonyl (C=O) groups excluding carboxylic acids is 1. The van der Waals surface area contributed by atoms with Crippen molar-refractivity contribution in [1.82, 2.24) is 15.1 Å². The van der Waals surface area contributed by atoms with Gasteiger partial charge in [0, 0.05) is 12.1 Å². The third kappa shape index (κ3) is 5.56. The van der Waals surface area contributed by atoms with Gasteiger partial charge in [-0.25, -0.2) is 0 Å². The van der Waals surface area contributed by atoms with Crippen LogP contribution in [0.4, 0.5) is 26.3 Å². The van der Waals surface area contributed by atoms with Crippen LogP contribution in [0.3, 0.4) is 0 Å². The average molecular weight is 409 g/mol. The lowest BCUT2D eigenvalue weighted by Gasteiger charge is -2.20. The van der Waals surface area contributed by atoms with Gasteiger partial charge in [-0.05, 0) is 30.5 Å². The summed E-state index contributed by atoms with van der Waals surface area (Å²) in [4.78, 5) is 12.0. The van der Waals surface area contributed by atoms with E-state index < -0.39 is 23.5 Å². The molecule has 0 fully saturated rings. The van der Waals surface area contributed by atoms with Gasteiger partial charge in [-0.15, -0.1) is 0 Å². The molecule has 0 aliphatic rings. The lowest BCUT2D eigenvalue weighted by molar-refractivity contribution is -0.143. The Balaban J connectivity index is 2.13. The van der Waals surface area contributed by atoms with Gasteiger partial charge >= 0.3 is 12.4 Å². The Morgan fingerprint density at radius 1 is 1.04 bits per heavy atom. The molecular weight excluding hydrogens is 388 g/mol.